The minimum Gasteiger partial charge on any atom is -0.494 e. The number of fused-ring (bicyclic) bond motifs is 1. The lowest BCUT2D eigenvalue weighted by Crippen LogP contribution is -2.34. The highest BCUT2D eigenvalue weighted by Gasteiger charge is 2.13. The van der Waals surface area contributed by atoms with Crippen LogP contribution in [0.3, 0.4) is 0 Å². The predicted molar refractivity (Wildman–Crippen MR) is 126 cm³/mol. The number of aromatic nitrogens is 3. The molecule has 2 aromatic heterocycles. The van der Waals surface area contributed by atoms with E-state index in [4.69, 9.17) is 13.9 Å². The Bertz CT molecular complexity index is 1220. The number of likely N-dealkylation sites (N-methyl/N-ethyl adjacent to an activating group) is 1. The summed E-state index contributed by atoms with van der Waals surface area (Å²) in [5, 5.41) is 14.6. The van der Waals surface area contributed by atoms with E-state index in [9.17, 15) is 4.79 Å². The number of hydrogen-bond donors (Lipinski definition) is 2. The number of rotatable bonds is 10. The van der Waals surface area contributed by atoms with Gasteiger partial charge in [0.05, 0.1) is 11.8 Å². The van der Waals surface area contributed by atoms with Crippen LogP contribution in [0.2, 0.25) is 0 Å². The summed E-state index contributed by atoms with van der Waals surface area (Å²) < 4.78 is 17.6. The highest BCUT2D eigenvalue weighted by Crippen LogP contribution is 2.33. The van der Waals surface area contributed by atoms with E-state index in [1.807, 2.05) is 37.2 Å². The maximum Gasteiger partial charge on any atom is 0.322 e. The molecule has 2 N–H and O–H groups in total. The molecule has 0 saturated heterocycles. The Kier molecular flexibility index (Phi) is 7.01. The van der Waals surface area contributed by atoms with Crippen molar-refractivity contribution in [1.29, 1.82) is 0 Å². The molecule has 4 rings (SSSR count). The molecule has 0 aliphatic carbocycles. The molecule has 0 aliphatic heterocycles. The van der Waals surface area contributed by atoms with Crippen LogP contribution in [0.25, 0.3) is 21.7 Å². The highest BCUT2D eigenvalue weighted by atomic mass is 32.1. The molecular weight excluding hydrogens is 444 g/mol. The fourth-order valence-corrected chi connectivity index (χ4v) is 3.81. The summed E-state index contributed by atoms with van der Waals surface area (Å²) in [5.41, 5.74) is 1.50. The number of benzene rings is 2. The summed E-state index contributed by atoms with van der Waals surface area (Å²) in [6.45, 7) is 1.30. The Labute approximate surface area is 194 Å². The van der Waals surface area contributed by atoms with Crippen molar-refractivity contribution in [2.45, 2.75) is 0 Å². The van der Waals surface area contributed by atoms with Gasteiger partial charge in [-0.05, 0) is 50.5 Å². The normalized spacial score (nSPS) is 11.0. The summed E-state index contributed by atoms with van der Waals surface area (Å²) >= 11 is 1.46. The first-order chi connectivity index (χ1) is 16.0. The Balaban J connectivity index is 1.34. The van der Waals surface area contributed by atoms with Crippen molar-refractivity contribution < 1.29 is 18.7 Å². The zero-order valence-corrected chi connectivity index (χ0v) is 19.3. The van der Waals surface area contributed by atoms with E-state index in [0.29, 0.717) is 29.1 Å². The van der Waals surface area contributed by atoms with Crippen LogP contribution < -0.4 is 20.1 Å². The average molecular weight is 469 g/mol. The Morgan fingerprint density at radius 3 is 2.73 bits per heavy atom. The molecule has 2 heterocycles. The van der Waals surface area contributed by atoms with Gasteiger partial charge < -0.3 is 24.1 Å². The molecule has 10 nitrogen and oxygen atoms in total. The van der Waals surface area contributed by atoms with Crippen molar-refractivity contribution in [3.05, 3.63) is 42.5 Å². The summed E-state index contributed by atoms with van der Waals surface area (Å²) in [5.74, 6) is 1.46. The summed E-state index contributed by atoms with van der Waals surface area (Å²) in [6.07, 6.45) is 0. The van der Waals surface area contributed by atoms with E-state index in [-0.39, 0.29) is 18.5 Å². The van der Waals surface area contributed by atoms with Crippen molar-refractivity contribution in [2.24, 2.45) is 0 Å². The minimum absolute atomic E-state index is 0.0473. The number of nitrogens with zero attached hydrogens (tertiary/aromatic N) is 4. The molecule has 4 aromatic rings. The SMILES string of the molecule is COc1cccc2sc(Nc3nnc(-c4ccc(OCC(=O)NCCN(C)C)cc4)o3)nc12. The van der Waals surface area contributed by atoms with E-state index in [2.05, 4.69) is 25.8 Å². The molecule has 11 heteroatoms. The van der Waals surface area contributed by atoms with E-state index >= 15 is 0 Å². The monoisotopic (exact) mass is 468 g/mol. The predicted octanol–water partition coefficient (Wildman–Crippen LogP) is 3.16. The van der Waals surface area contributed by atoms with Gasteiger partial charge in [-0.15, -0.1) is 5.10 Å². The van der Waals surface area contributed by atoms with Crippen molar-refractivity contribution in [3.8, 4) is 23.0 Å². The number of carbonyl (C=O) groups is 1. The van der Waals surface area contributed by atoms with Gasteiger partial charge in [-0.3, -0.25) is 10.1 Å². The third-order valence-electron chi connectivity index (χ3n) is 4.59. The molecule has 2 aromatic carbocycles. The van der Waals surface area contributed by atoms with Crippen LogP contribution in [0.5, 0.6) is 11.5 Å². The smallest absolute Gasteiger partial charge is 0.322 e. The first-order valence-electron chi connectivity index (χ1n) is 10.2. The van der Waals surface area contributed by atoms with Crippen LogP contribution in [0.1, 0.15) is 0 Å². The van der Waals surface area contributed by atoms with Gasteiger partial charge in [-0.1, -0.05) is 22.5 Å². The van der Waals surface area contributed by atoms with Gasteiger partial charge in [0.2, 0.25) is 5.89 Å². The number of methoxy groups -OCH3 is 1. The number of carbonyl (C=O) groups excluding carboxylic acids is 1. The standard InChI is InChI=1S/C22H24N6O4S/c1-28(2)12-11-23-18(29)13-31-15-9-7-14(8-10-15)20-26-27-21(32-20)25-22-24-19-16(30-3)5-4-6-17(19)33-22/h4-10H,11-13H2,1-3H3,(H,23,29)(H,24,25,27). The topological polar surface area (TPSA) is 115 Å². The molecule has 0 fully saturated rings. The first kappa shape index (κ1) is 22.5. The molecular formula is C22H24N6O4S. The van der Waals surface area contributed by atoms with Gasteiger partial charge in [0.1, 0.15) is 17.0 Å². The zero-order valence-electron chi connectivity index (χ0n) is 18.5. The van der Waals surface area contributed by atoms with E-state index in [0.717, 1.165) is 22.3 Å². The molecule has 0 bridgehead atoms. The fourth-order valence-electron chi connectivity index (χ4n) is 2.94. The molecule has 0 saturated carbocycles. The van der Waals surface area contributed by atoms with E-state index in [1.54, 1.807) is 31.4 Å². The lowest BCUT2D eigenvalue weighted by Gasteiger charge is -2.11. The number of para-hydroxylation sites is 1. The van der Waals surface area contributed by atoms with Gasteiger partial charge in [-0.25, -0.2) is 4.98 Å². The summed E-state index contributed by atoms with van der Waals surface area (Å²) in [7, 11) is 5.51. The quantitative estimate of drug-likeness (QED) is 0.362. The van der Waals surface area contributed by atoms with Gasteiger partial charge in [0, 0.05) is 18.7 Å². The average Bonchev–Trinajstić information content (AvgIpc) is 3.44. The number of hydrogen-bond acceptors (Lipinski definition) is 10. The maximum atomic E-state index is 11.8. The van der Waals surface area contributed by atoms with E-state index < -0.39 is 0 Å². The molecule has 0 atom stereocenters. The van der Waals surface area contributed by atoms with Crippen LogP contribution >= 0.6 is 11.3 Å². The van der Waals surface area contributed by atoms with E-state index in [1.165, 1.54) is 11.3 Å². The molecule has 172 valence electrons. The number of anilines is 2. The van der Waals surface area contributed by atoms with Gasteiger partial charge in [0.15, 0.2) is 11.7 Å². The largest absolute Gasteiger partial charge is 0.494 e. The molecule has 0 aliphatic rings. The Hall–Kier alpha value is -3.70. The van der Waals surface area contributed by atoms with Gasteiger partial charge in [0.25, 0.3) is 5.91 Å². The molecule has 0 radical (unpaired) electrons. The fraction of sp³-hybridized carbons (Fsp3) is 0.273. The van der Waals surface area contributed by atoms with Gasteiger partial charge in [-0.2, -0.15) is 0 Å². The Morgan fingerprint density at radius 2 is 1.97 bits per heavy atom. The lowest BCUT2D eigenvalue weighted by atomic mass is 10.2. The number of nitrogens with one attached hydrogen (secondary N) is 2. The molecule has 1 amide bonds. The second kappa shape index (κ2) is 10.3. The van der Waals surface area contributed by atoms with Crippen LogP contribution in [-0.4, -0.2) is 66.9 Å². The second-order valence-corrected chi connectivity index (χ2v) is 8.36. The summed E-state index contributed by atoms with van der Waals surface area (Å²) in [4.78, 5) is 18.4. The van der Waals surface area contributed by atoms with Crippen molar-refractivity contribution in [1.82, 2.24) is 25.4 Å². The van der Waals surface area contributed by atoms with Crippen molar-refractivity contribution in [3.63, 3.8) is 0 Å². The maximum absolute atomic E-state index is 11.8. The zero-order chi connectivity index (χ0) is 23.2. The van der Waals surface area contributed by atoms with Gasteiger partial charge >= 0.3 is 6.01 Å². The van der Waals surface area contributed by atoms with Crippen molar-refractivity contribution in [2.75, 3.05) is 46.2 Å². The minimum atomic E-state index is -0.166. The van der Waals surface area contributed by atoms with Crippen LogP contribution in [-0.2, 0) is 4.79 Å². The first-order valence-corrected chi connectivity index (χ1v) is 11.0. The number of thiazole rings is 1. The third-order valence-corrected chi connectivity index (χ3v) is 5.53. The second-order valence-electron chi connectivity index (χ2n) is 7.33. The molecule has 33 heavy (non-hydrogen) atoms. The van der Waals surface area contributed by atoms with Crippen LogP contribution in [0, 0.1) is 0 Å². The molecule has 0 spiro atoms. The number of amides is 1. The third kappa shape index (κ3) is 5.76. The molecule has 0 unspecified atom stereocenters. The lowest BCUT2D eigenvalue weighted by molar-refractivity contribution is -0.123. The van der Waals surface area contributed by atoms with Crippen LogP contribution in [0.4, 0.5) is 11.1 Å². The van der Waals surface area contributed by atoms with Crippen molar-refractivity contribution >= 4 is 38.6 Å². The summed E-state index contributed by atoms with van der Waals surface area (Å²) in [6, 6.07) is 13.1. The number of ether oxygens (including phenoxy) is 2. The van der Waals surface area contributed by atoms with Crippen LogP contribution in [0.15, 0.2) is 46.9 Å². The Morgan fingerprint density at radius 1 is 1.15 bits per heavy atom. The highest BCUT2D eigenvalue weighted by molar-refractivity contribution is 7.22.